The molecule has 1 amide bonds. The third kappa shape index (κ3) is 5.11. The maximum absolute atomic E-state index is 13.5. The Hall–Kier alpha value is -2.79. The van der Waals surface area contributed by atoms with Crippen molar-refractivity contribution in [3.05, 3.63) is 41.5 Å². The van der Waals surface area contributed by atoms with Gasteiger partial charge in [0.1, 0.15) is 22.4 Å². The van der Waals surface area contributed by atoms with Gasteiger partial charge in [0.2, 0.25) is 10.0 Å². The minimum Gasteiger partial charge on any atom is -0.454 e. The third-order valence-corrected chi connectivity index (χ3v) is 5.20. The second-order valence-electron chi connectivity index (χ2n) is 5.63. The number of amides is 1. The number of carbonyl (C=O) groups excluding carboxylic acids is 2. The van der Waals surface area contributed by atoms with E-state index in [0.717, 1.165) is 6.07 Å². The van der Waals surface area contributed by atoms with E-state index in [1.807, 2.05) is 0 Å². The van der Waals surface area contributed by atoms with Gasteiger partial charge in [-0.3, -0.25) is 9.59 Å². The number of hydrogen-bond donors (Lipinski definition) is 2. The van der Waals surface area contributed by atoms with Gasteiger partial charge in [0.05, 0.1) is 5.69 Å². The van der Waals surface area contributed by atoms with Gasteiger partial charge in [0.25, 0.3) is 5.91 Å². The van der Waals surface area contributed by atoms with Crippen molar-refractivity contribution >= 4 is 27.6 Å². The van der Waals surface area contributed by atoms with Crippen LogP contribution in [0.1, 0.15) is 18.4 Å². The lowest BCUT2D eigenvalue weighted by Gasteiger charge is -2.13. The summed E-state index contributed by atoms with van der Waals surface area (Å²) in [6, 6.07) is 4.21. The van der Waals surface area contributed by atoms with E-state index in [2.05, 4.69) is 15.2 Å². The molecule has 1 aromatic carbocycles. The van der Waals surface area contributed by atoms with Crippen LogP contribution in [0.4, 0.5) is 10.1 Å². The summed E-state index contributed by atoms with van der Waals surface area (Å²) in [4.78, 5) is 23.5. The van der Waals surface area contributed by atoms with E-state index >= 15 is 0 Å². The Bertz CT molecular complexity index is 937. The van der Waals surface area contributed by atoms with Gasteiger partial charge in [-0.2, -0.15) is 4.72 Å². The predicted octanol–water partition coefficient (Wildman–Crippen LogP) is 1.28. The van der Waals surface area contributed by atoms with Crippen molar-refractivity contribution in [2.45, 2.75) is 31.7 Å². The topological polar surface area (TPSA) is 128 Å². The molecule has 0 bridgehead atoms. The maximum atomic E-state index is 13.5. The zero-order valence-corrected chi connectivity index (χ0v) is 15.6. The number of anilines is 1. The van der Waals surface area contributed by atoms with Crippen LogP contribution in [0, 0.1) is 19.7 Å². The average molecular weight is 399 g/mol. The molecule has 146 valence electrons. The predicted molar refractivity (Wildman–Crippen MR) is 91.7 cm³/mol. The molecule has 1 aromatic heterocycles. The number of sulfonamides is 1. The van der Waals surface area contributed by atoms with Gasteiger partial charge < -0.3 is 14.6 Å². The molecule has 0 saturated heterocycles. The van der Waals surface area contributed by atoms with Crippen LogP contribution in [0.2, 0.25) is 0 Å². The van der Waals surface area contributed by atoms with E-state index < -0.39 is 40.4 Å². The first-order chi connectivity index (χ1) is 12.6. The van der Waals surface area contributed by atoms with Crippen LogP contribution in [-0.2, 0) is 24.3 Å². The van der Waals surface area contributed by atoms with Gasteiger partial charge in [-0.25, -0.2) is 12.8 Å². The summed E-state index contributed by atoms with van der Waals surface area (Å²) in [6.45, 7) is 3.42. The van der Waals surface area contributed by atoms with Crippen LogP contribution in [0.15, 0.2) is 33.7 Å². The van der Waals surface area contributed by atoms with Crippen LogP contribution >= 0.6 is 0 Å². The van der Waals surface area contributed by atoms with Gasteiger partial charge in [-0.1, -0.05) is 17.3 Å². The summed E-state index contributed by atoms with van der Waals surface area (Å²) < 4.78 is 49.8. The minimum absolute atomic E-state index is 0.0642. The molecule has 2 aromatic rings. The Morgan fingerprint density at radius 2 is 1.96 bits per heavy atom. The van der Waals surface area contributed by atoms with Crippen molar-refractivity contribution in [1.29, 1.82) is 0 Å². The second-order valence-corrected chi connectivity index (χ2v) is 7.28. The molecule has 1 atom stereocenters. The first kappa shape index (κ1) is 20.5. The number of nitrogens with one attached hydrogen (secondary N) is 2. The van der Waals surface area contributed by atoms with E-state index in [4.69, 9.17) is 9.26 Å². The monoisotopic (exact) mass is 399 g/mol. The number of esters is 1. The van der Waals surface area contributed by atoms with Crippen molar-refractivity contribution in [2.75, 3.05) is 11.9 Å². The molecule has 0 aliphatic rings. The van der Waals surface area contributed by atoms with Gasteiger partial charge in [0.15, 0.2) is 12.4 Å². The molecular weight excluding hydrogens is 381 g/mol. The highest BCUT2D eigenvalue weighted by atomic mass is 32.2. The average Bonchev–Trinajstić information content (AvgIpc) is 2.93. The zero-order valence-electron chi connectivity index (χ0n) is 14.8. The molecule has 9 nitrogen and oxygen atoms in total. The molecule has 0 aliphatic carbocycles. The molecule has 2 N–H and O–H groups in total. The van der Waals surface area contributed by atoms with Crippen molar-refractivity contribution in [1.82, 2.24) is 9.88 Å². The van der Waals surface area contributed by atoms with E-state index in [0.29, 0.717) is 0 Å². The first-order valence-corrected chi connectivity index (χ1v) is 9.26. The van der Waals surface area contributed by atoms with E-state index in [1.165, 1.54) is 39.0 Å². The number of aromatic nitrogens is 1. The number of halogens is 1. The highest BCUT2D eigenvalue weighted by Crippen LogP contribution is 2.19. The van der Waals surface area contributed by atoms with Crippen molar-refractivity contribution in [3.63, 3.8) is 0 Å². The lowest BCUT2D eigenvalue weighted by molar-refractivity contribution is -0.148. The van der Waals surface area contributed by atoms with Crippen molar-refractivity contribution < 1.29 is 31.7 Å². The number of hydrogen-bond acceptors (Lipinski definition) is 7. The fourth-order valence-electron chi connectivity index (χ4n) is 2.21. The second kappa shape index (κ2) is 8.27. The highest BCUT2D eigenvalue weighted by molar-refractivity contribution is 7.89. The molecule has 1 heterocycles. The molecule has 0 fully saturated rings. The van der Waals surface area contributed by atoms with Crippen LogP contribution in [0.5, 0.6) is 0 Å². The first-order valence-electron chi connectivity index (χ1n) is 7.78. The lowest BCUT2D eigenvalue weighted by Crippen LogP contribution is -2.40. The Balaban J connectivity index is 1.92. The Morgan fingerprint density at radius 3 is 2.56 bits per heavy atom. The van der Waals surface area contributed by atoms with Gasteiger partial charge in [-0.15, -0.1) is 0 Å². The molecule has 0 unspecified atom stereocenters. The van der Waals surface area contributed by atoms with Gasteiger partial charge in [0, 0.05) is 0 Å². The normalized spacial score (nSPS) is 12.4. The molecule has 11 heteroatoms. The summed E-state index contributed by atoms with van der Waals surface area (Å²) in [6.07, 6.45) is 0. The molecule has 27 heavy (non-hydrogen) atoms. The maximum Gasteiger partial charge on any atom is 0.324 e. The molecule has 2 rings (SSSR count). The number of aryl methyl sites for hydroxylation is 2. The third-order valence-electron chi connectivity index (χ3n) is 3.42. The van der Waals surface area contributed by atoms with Crippen LogP contribution in [-0.4, -0.2) is 38.1 Å². The molecule has 0 saturated carbocycles. The smallest absolute Gasteiger partial charge is 0.324 e. The summed E-state index contributed by atoms with van der Waals surface area (Å²) in [5, 5.41) is 5.79. The SMILES string of the molecule is Cc1noc(C)c1S(=O)(=O)N[C@@H](C)C(=O)OCC(=O)Nc1ccccc1F. The van der Waals surface area contributed by atoms with E-state index in [9.17, 15) is 22.4 Å². The Labute approximate surface area is 154 Å². The summed E-state index contributed by atoms with van der Waals surface area (Å²) >= 11 is 0. The van der Waals surface area contributed by atoms with Gasteiger partial charge >= 0.3 is 5.97 Å². The van der Waals surface area contributed by atoms with E-state index in [-0.39, 0.29) is 22.0 Å². The molecular formula is C16H18FN3O6S. The standard InChI is InChI=1S/C16H18FN3O6S/c1-9-15(11(3)26-19-9)27(23,24)20-10(2)16(22)25-8-14(21)18-13-7-5-4-6-12(13)17/h4-7,10,20H,8H2,1-3H3,(H,18,21)/t10-/m0/s1. The van der Waals surface area contributed by atoms with Crippen LogP contribution < -0.4 is 10.0 Å². The Morgan fingerprint density at radius 1 is 1.30 bits per heavy atom. The van der Waals surface area contributed by atoms with E-state index in [1.54, 1.807) is 0 Å². The zero-order chi connectivity index (χ0) is 20.2. The van der Waals surface area contributed by atoms with Crippen LogP contribution in [0.3, 0.4) is 0 Å². The number of para-hydroxylation sites is 1. The minimum atomic E-state index is -4.07. The Kier molecular flexibility index (Phi) is 6.28. The number of nitrogens with zero attached hydrogens (tertiary/aromatic N) is 1. The van der Waals surface area contributed by atoms with Crippen molar-refractivity contribution in [2.24, 2.45) is 0 Å². The fourth-order valence-corrected chi connectivity index (χ4v) is 3.73. The number of ether oxygens (including phenoxy) is 1. The highest BCUT2D eigenvalue weighted by Gasteiger charge is 2.29. The van der Waals surface area contributed by atoms with Gasteiger partial charge in [-0.05, 0) is 32.9 Å². The summed E-state index contributed by atoms with van der Waals surface area (Å²) in [5.74, 6) is -2.31. The summed E-state index contributed by atoms with van der Waals surface area (Å²) in [5.41, 5.74) is 0.0792. The largest absolute Gasteiger partial charge is 0.454 e. The van der Waals surface area contributed by atoms with Crippen molar-refractivity contribution in [3.8, 4) is 0 Å². The quantitative estimate of drug-likeness (QED) is 0.671. The number of carbonyl (C=O) groups is 2. The lowest BCUT2D eigenvalue weighted by atomic mass is 10.3. The molecule has 0 spiro atoms. The summed E-state index contributed by atoms with van der Waals surface area (Å²) in [7, 11) is -4.07. The fraction of sp³-hybridized carbons (Fsp3) is 0.312. The molecule has 0 aliphatic heterocycles. The number of benzene rings is 1. The van der Waals surface area contributed by atoms with Crippen LogP contribution in [0.25, 0.3) is 0 Å². The number of rotatable bonds is 7. The molecule has 0 radical (unpaired) electrons.